The van der Waals surface area contributed by atoms with E-state index >= 15 is 0 Å². The highest BCUT2D eigenvalue weighted by atomic mass is 19.3. The normalized spacial score (nSPS) is 16.4. The molecule has 2 amide bonds. The molecule has 134 valence electrons. The molecule has 1 aliphatic rings. The molecule has 0 unspecified atom stereocenters. The number of hydrogen-bond acceptors (Lipinski definition) is 3. The Morgan fingerprint density at radius 2 is 1.83 bits per heavy atom. The van der Waals surface area contributed by atoms with Gasteiger partial charge in [-0.25, -0.2) is 13.6 Å². The predicted molar refractivity (Wildman–Crippen MR) is 90.1 cm³/mol. The van der Waals surface area contributed by atoms with Gasteiger partial charge in [0.15, 0.2) is 0 Å². The van der Waals surface area contributed by atoms with E-state index in [1.54, 1.807) is 0 Å². The van der Waals surface area contributed by atoms with Crippen molar-refractivity contribution in [3.05, 3.63) is 35.4 Å². The number of hydrogen-bond donors (Lipinski definition) is 1. The van der Waals surface area contributed by atoms with Crippen LogP contribution in [0, 0.1) is 0 Å². The Kier molecular flexibility index (Phi) is 6.93. The van der Waals surface area contributed by atoms with E-state index in [0.717, 1.165) is 43.2 Å². The average molecular weight is 340 g/mol. The molecule has 24 heavy (non-hydrogen) atoms. The Morgan fingerprint density at radius 1 is 1.21 bits per heavy atom. The van der Waals surface area contributed by atoms with E-state index in [-0.39, 0.29) is 0 Å². The van der Waals surface area contributed by atoms with Gasteiger partial charge in [-0.3, -0.25) is 4.90 Å². The summed E-state index contributed by atoms with van der Waals surface area (Å²) in [6, 6.07) is 7.46. The molecule has 0 bridgehead atoms. The van der Waals surface area contributed by atoms with E-state index in [0.29, 0.717) is 6.54 Å². The van der Waals surface area contributed by atoms with Crippen LogP contribution in [0.4, 0.5) is 13.6 Å². The first-order valence-corrected chi connectivity index (χ1v) is 8.20. The lowest BCUT2D eigenvalue weighted by atomic mass is 10.1. The summed E-state index contributed by atoms with van der Waals surface area (Å²) in [4.78, 5) is 17.6. The lowest BCUT2D eigenvalue weighted by Crippen LogP contribution is -2.44. The van der Waals surface area contributed by atoms with Crippen LogP contribution < -0.4 is 5.32 Å². The van der Waals surface area contributed by atoms with Crippen LogP contribution in [-0.4, -0.2) is 74.0 Å². The molecule has 1 saturated heterocycles. The van der Waals surface area contributed by atoms with Crippen molar-refractivity contribution in [1.29, 1.82) is 0 Å². The fourth-order valence-electron chi connectivity index (χ4n) is 2.73. The molecule has 1 aromatic carbocycles. The van der Waals surface area contributed by atoms with Crippen LogP contribution >= 0.6 is 0 Å². The van der Waals surface area contributed by atoms with Crippen LogP contribution in [0.2, 0.25) is 0 Å². The van der Waals surface area contributed by atoms with Crippen molar-refractivity contribution in [3.63, 3.8) is 0 Å². The first kappa shape index (κ1) is 18.6. The number of halogens is 2. The molecule has 0 aromatic heterocycles. The number of nitrogens with one attached hydrogen (secondary N) is 1. The van der Waals surface area contributed by atoms with Gasteiger partial charge in [0.25, 0.3) is 6.43 Å². The number of nitrogens with zero attached hydrogens (tertiary/aromatic N) is 3. The molecule has 0 atom stereocenters. The first-order chi connectivity index (χ1) is 11.5. The van der Waals surface area contributed by atoms with Crippen molar-refractivity contribution in [3.8, 4) is 0 Å². The van der Waals surface area contributed by atoms with Crippen LogP contribution in [0.1, 0.15) is 11.1 Å². The molecule has 7 heteroatoms. The number of benzene rings is 1. The number of carbonyl (C=O) groups is 1. The molecular formula is C17H26F2N4O. The van der Waals surface area contributed by atoms with E-state index in [4.69, 9.17) is 0 Å². The van der Waals surface area contributed by atoms with Gasteiger partial charge in [-0.1, -0.05) is 24.3 Å². The van der Waals surface area contributed by atoms with E-state index in [1.807, 2.05) is 18.2 Å². The first-order valence-electron chi connectivity index (χ1n) is 8.20. The topological polar surface area (TPSA) is 38.8 Å². The van der Waals surface area contributed by atoms with Crippen molar-refractivity contribution < 1.29 is 13.6 Å². The molecule has 0 aliphatic carbocycles. The standard InChI is InChI=1S/C17H26F2N4O/c1-21-7-9-23(10-8-21)12-15-6-4-3-5-14(15)11-20-17(24)22(2)13-16(18)19/h3-6,16H,7-13H2,1-2H3,(H,20,24). The van der Waals surface area contributed by atoms with Crippen LogP contribution in [0.3, 0.4) is 0 Å². The maximum Gasteiger partial charge on any atom is 0.317 e. The molecule has 1 aromatic rings. The molecule has 1 heterocycles. The highest BCUT2D eigenvalue weighted by Crippen LogP contribution is 2.13. The van der Waals surface area contributed by atoms with Crippen LogP contribution in [0.15, 0.2) is 24.3 Å². The number of rotatable bonds is 6. The van der Waals surface area contributed by atoms with Crippen LogP contribution in [-0.2, 0) is 13.1 Å². The second-order valence-electron chi connectivity index (χ2n) is 6.28. The predicted octanol–water partition coefficient (Wildman–Crippen LogP) is 1.84. The molecule has 5 nitrogen and oxygen atoms in total. The number of amides is 2. The van der Waals surface area contributed by atoms with E-state index in [9.17, 15) is 13.6 Å². The van der Waals surface area contributed by atoms with E-state index in [1.165, 1.54) is 12.6 Å². The van der Waals surface area contributed by atoms with Crippen molar-refractivity contribution in [2.75, 3.05) is 46.8 Å². The minimum Gasteiger partial charge on any atom is -0.334 e. The Morgan fingerprint density at radius 3 is 2.46 bits per heavy atom. The molecular weight excluding hydrogens is 314 g/mol. The second-order valence-corrected chi connectivity index (χ2v) is 6.28. The zero-order valence-corrected chi connectivity index (χ0v) is 14.3. The fourth-order valence-corrected chi connectivity index (χ4v) is 2.73. The number of piperazine rings is 1. The second kappa shape index (κ2) is 8.94. The molecule has 1 N–H and O–H groups in total. The third kappa shape index (κ3) is 5.72. The SMILES string of the molecule is CN1CCN(Cc2ccccc2CNC(=O)N(C)CC(F)F)CC1. The Labute approximate surface area is 142 Å². The van der Waals surface area contributed by atoms with Gasteiger partial charge >= 0.3 is 6.03 Å². The molecule has 1 fully saturated rings. The van der Waals surface area contributed by atoms with Crippen LogP contribution in [0.25, 0.3) is 0 Å². The minimum atomic E-state index is -2.52. The Hall–Kier alpha value is -1.73. The number of carbonyl (C=O) groups excluding carboxylic acids is 1. The smallest absolute Gasteiger partial charge is 0.317 e. The van der Waals surface area contributed by atoms with Gasteiger partial charge in [-0.05, 0) is 18.2 Å². The van der Waals surface area contributed by atoms with Gasteiger partial charge in [-0.15, -0.1) is 0 Å². The molecule has 1 aliphatic heterocycles. The lowest BCUT2D eigenvalue weighted by molar-refractivity contribution is 0.108. The van der Waals surface area contributed by atoms with Gasteiger partial charge in [-0.2, -0.15) is 0 Å². The van der Waals surface area contributed by atoms with E-state index in [2.05, 4.69) is 28.2 Å². The zero-order chi connectivity index (χ0) is 17.5. The summed E-state index contributed by atoms with van der Waals surface area (Å²) in [6.07, 6.45) is -2.52. The summed E-state index contributed by atoms with van der Waals surface area (Å²) in [5.74, 6) is 0. The molecule has 0 radical (unpaired) electrons. The fraction of sp³-hybridized carbons (Fsp3) is 0.588. The van der Waals surface area contributed by atoms with Gasteiger partial charge in [0.2, 0.25) is 0 Å². The minimum absolute atomic E-state index is 0.344. The summed E-state index contributed by atoms with van der Waals surface area (Å²) in [7, 11) is 3.49. The maximum absolute atomic E-state index is 12.3. The largest absolute Gasteiger partial charge is 0.334 e. The van der Waals surface area contributed by atoms with E-state index < -0.39 is 19.0 Å². The van der Waals surface area contributed by atoms with Gasteiger partial charge in [0.1, 0.15) is 0 Å². The van der Waals surface area contributed by atoms with Gasteiger partial charge in [0.05, 0.1) is 6.54 Å². The number of alkyl halides is 2. The lowest BCUT2D eigenvalue weighted by Gasteiger charge is -2.32. The van der Waals surface area contributed by atoms with Crippen molar-refractivity contribution in [2.24, 2.45) is 0 Å². The van der Waals surface area contributed by atoms with Crippen LogP contribution in [0.5, 0.6) is 0 Å². The average Bonchev–Trinajstić information content (AvgIpc) is 2.55. The number of urea groups is 1. The highest BCUT2D eigenvalue weighted by Gasteiger charge is 2.16. The summed E-state index contributed by atoms with van der Waals surface area (Å²) < 4.78 is 24.7. The Balaban J connectivity index is 1.90. The molecule has 0 spiro atoms. The van der Waals surface area contributed by atoms with Crippen molar-refractivity contribution in [2.45, 2.75) is 19.5 Å². The molecule has 0 saturated carbocycles. The van der Waals surface area contributed by atoms with Crippen molar-refractivity contribution >= 4 is 6.03 Å². The monoisotopic (exact) mass is 340 g/mol. The summed E-state index contributed by atoms with van der Waals surface area (Å²) in [5, 5.41) is 2.72. The van der Waals surface area contributed by atoms with Gasteiger partial charge < -0.3 is 15.1 Å². The van der Waals surface area contributed by atoms with Crippen molar-refractivity contribution in [1.82, 2.24) is 20.0 Å². The molecule has 2 rings (SSSR count). The highest BCUT2D eigenvalue weighted by molar-refractivity contribution is 5.73. The third-order valence-electron chi connectivity index (χ3n) is 4.30. The summed E-state index contributed by atoms with van der Waals surface area (Å²) >= 11 is 0. The third-order valence-corrected chi connectivity index (χ3v) is 4.30. The maximum atomic E-state index is 12.3. The Bertz CT molecular complexity index is 533. The zero-order valence-electron chi connectivity index (χ0n) is 14.3. The quantitative estimate of drug-likeness (QED) is 0.859. The summed E-state index contributed by atoms with van der Waals surface area (Å²) in [6.45, 7) is 4.77. The number of likely N-dealkylation sites (N-methyl/N-ethyl adjacent to an activating group) is 1. The summed E-state index contributed by atoms with van der Waals surface area (Å²) in [5.41, 5.74) is 2.19. The van der Waals surface area contributed by atoms with Gasteiger partial charge in [0, 0.05) is 46.3 Å².